The second kappa shape index (κ2) is 11.6. The molecule has 0 aromatic heterocycles. The highest BCUT2D eigenvalue weighted by molar-refractivity contribution is 14.1. The van der Waals surface area contributed by atoms with Crippen LogP contribution >= 0.6 is 22.6 Å². The van der Waals surface area contributed by atoms with Gasteiger partial charge in [0, 0.05) is 5.56 Å². The molecule has 0 unspecified atom stereocenters. The molecular formula is C25H22IN3O6. The van der Waals surface area contributed by atoms with Gasteiger partial charge in [-0.1, -0.05) is 30.3 Å². The lowest BCUT2D eigenvalue weighted by atomic mass is 10.2. The summed E-state index contributed by atoms with van der Waals surface area (Å²) in [6, 6.07) is 18.3. The maximum atomic E-state index is 12.3. The van der Waals surface area contributed by atoms with E-state index in [4.69, 9.17) is 18.9 Å². The van der Waals surface area contributed by atoms with Crippen molar-refractivity contribution in [3.05, 3.63) is 80.9 Å². The van der Waals surface area contributed by atoms with Gasteiger partial charge in [0.2, 0.25) is 6.79 Å². The van der Waals surface area contributed by atoms with Gasteiger partial charge in [0.15, 0.2) is 23.0 Å². The first-order chi connectivity index (χ1) is 17.0. The fourth-order valence-electron chi connectivity index (χ4n) is 3.20. The third-order valence-corrected chi connectivity index (χ3v) is 5.73. The zero-order valence-electron chi connectivity index (χ0n) is 18.7. The van der Waals surface area contributed by atoms with Gasteiger partial charge in [-0.05, 0) is 64.0 Å². The number of hydrazone groups is 1. The summed E-state index contributed by atoms with van der Waals surface area (Å²) in [5, 5.41) is 6.51. The van der Waals surface area contributed by atoms with Gasteiger partial charge in [-0.25, -0.2) is 5.43 Å². The van der Waals surface area contributed by atoms with E-state index in [2.05, 4.69) is 38.4 Å². The number of ether oxygens (including phenoxy) is 4. The molecule has 0 radical (unpaired) electrons. The van der Waals surface area contributed by atoms with E-state index in [1.807, 2.05) is 36.4 Å². The van der Waals surface area contributed by atoms with E-state index < -0.39 is 11.8 Å². The minimum atomic E-state index is -0.472. The van der Waals surface area contributed by atoms with Crippen LogP contribution in [0.3, 0.4) is 0 Å². The minimum Gasteiger partial charge on any atom is -0.493 e. The van der Waals surface area contributed by atoms with E-state index in [0.29, 0.717) is 40.7 Å². The van der Waals surface area contributed by atoms with E-state index in [-0.39, 0.29) is 13.3 Å². The Balaban J connectivity index is 1.29. The van der Waals surface area contributed by atoms with Gasteiger partial charge in [0.25, 0.3) is 11.8 Å². The molecule has 180 valence electrons. The number of amides is 2. The molecule has 9 nitrogen and oxygen atoms in total. The summed E-state index contributed by atoms with van der Waals surface area (Å²) >= 11 is 2.16. The highest BCUT2D eigenvalue weighted by atomic mass is 127. The van der Waals surface area contributed by atoms with Gasteiger partial charge >= 0.3 is 0 Å². The van der Waals surface area contributed by atoms with Crippen molar-refractivity contribution >= 4 is 40.6 Å². The molecule has 35 heavy (non-hydrogen) atoms. The van der Waals surface area contributed by atoms with Gasteiger partial charge in [0.1, 0.15) is 6.61 Å². The van der Waals surface area contributed by atoms with Crippen LogP contribution in [0.4, 0.5) is 0 Å². The molecule has 0 spiro atoms. The monoisotopic (exact) mass is 587 g/mol. The van der Waals surface area contributed by atoms with Crippen molar-refractivity contribution in [2.24, 2.45) is 5.10 Å². The SMILES string of the molecule is COc1cc(C=NNC(=O)CNC(=O)c2ccc3c(c2)OCO3)cc(I)c1OCc1ccccc1. The molecule has 0 fully saturated rings. The summed E-state index contributed by atoms with van der Waals surface area (Å²) in [7, 11) is 1.56. The summed E-state index contributed by atoms with van der Waals surface area (Å²) in [4.78, 5) is 24.4. The molecule has 1 aliphatic heterocycles. The molecule has 2 amide bonds. The molecule has 0 bridgehead atoms. The number of fused-ring (bicyclic) bond motifs is 1. The quantitative estimate of drug-likeness (QED) is 0.226. The van der Waals surface area contributed by atoms with Crippen molar-refractivity contribution < 1.29 is 28.5 Å². The molecule has 0 saturated heterocycles. The van der Waals surface area contributed by atoms with Gasteiger partial charge < -0.3 is 24.3 Å². The zero-order chi connectivity index (χ0) is 24.6. The third kappa shape index (κ3) is 6.41. The van der Waals surface area contributed by atoms with E-state index in [9.17, 15) is 9.59 Å². The predicted molar refractivity (Wildman–Crippen MR) is 137 cm³/mol. The number of benzene rings is 3. The molecule has 3 aromatic rings. The van der Waals surface area contributed by atoms with Crippen molar-refractivity contribution in [3.63, 3.8) is 0 Å². The Kier molecular flexibility index (Phi) is 8.03. The van der Waals surface area contributed by atoms with Gasteiger partial charge in [0.05, 0.1) is 23.4 Å². The first kappa shape index (κ1) is 24.3. The molecule has 0 saturated carbocycles. The van der Waals surface area contributed by atoms with E-state index in [1.165, 1.54) is 6.21 Å². The highest BCUT2D eigenvalue weighted by Gasteiger charge is 2.16. The maximum Gasteiger partial charge on any atom is 0.259 e. The molecule has 2 N–H and O–H groups in total. The Morgan fingerprint density at radius 3 is 2.69 bits per heavy atom. The number of hydrogen-bond donors (Lipinski definition) is 2. The molecule has 1 heterocycles. The Morgan fingerprint density at radius 1 is 1.09 bits per heavy atom. The normalized spacial score (nSPS) is 11.8. The topological polar surface area (TPSA) is 107 Å². The average molecular weight is 587 g/mol. The van der Waals surface area contributed by atoms with Crippen molar-refractivity contribution in [1.82, 2.24) is 10.7 Å². The smallest absolute Gasteiger partial charge is 0.259 e. The van der Waals surface area contributed by atoms with Crippen LogP contribution < -0.4 is 29.7 Å². The van der Waals surface area contributed by atoms with Crippen LogP contribution in [-0.4, -0.2) is 38.5 Å². The van der Waals surface area contributed by atoms with Crippen molar-refractivity contribution in [2.45, 2.75) is 6.61 Å². The van der Waals surface area contributed by atoms with Gasteiger partial charge in [-0.3, -0.25) is 9.59 Å². The Morgan fingerprint density at radius 2 is 1.89 bits per heavy atom. The van der Waals surface area contributed by atoms with E-state index in [1.54, 1.807) is 31.4 Å². The van der Waals surface area contributed by atoms with Crippen LogP contribution in [0.15, 0.2) is 65.8 Å². The van der Waals surface area contributed by atoms with Crippen LogP contribution in [0.25, 0.3) is 0 Å². The fourth-order valence-corrected chi connectivity index (χ4v) is 3.98. The van der Waals surface area contributed by atoms with Crippen molar-refractivity contribution in [1.29, 1.82) is 0 Å². The number of carbonyl (C=O) groups is 2. The van der Waals surface area contributed by atoms with Gasteiger partial charge in [-0.15, -0.1) is 0 Å². The number of nitrogens with one attached hydrogen (secondary N) is 2. The summed E-state index contributed by atoms with van der Waals surface area (Å²) in [5.74, 6) is 1.37. The van der Waals surface area contributed by atoms with Crippen LogP contribution in [0.1, 0.15) is 21.5 Å². The standard InChI is InChI=1S/C25H22IN3O6/c1-32-22-10-17(9-19(26)24(22)33-14-16-5-3-2-4-6-16)12-28-29-23(30)13-27-25(31)18-7-8-20-21(11-18)35-15-34-20/h2-12H,13-15H2,1H3,(H,27,31)(H,29,30). The second-order valence-corrected chi connectivity index (χ2v) is 8.51. The van der Waals surface area contributed by atoms with Crippen LogP contribution in [-0.2, 0) is 11.4 Å². The van der Waals surface area contributed by atoms with Crippen LogP contribution in [0.2, 0.25) is 0 Å². The summed E-state index contributed by atoms with van der Waals surface area (Å²) < 4.78 is 22.7. The Hall–Kier alpha value is -3.80. The number of halogens is 1. The number of hydrogen-bond acceptors (Lipinski definition) is 7. The molecular weight excluding hydrogens is 565 g/mol. The third-order valence-electron chi connectivity index (χ3n) is 4.92. The number of methoxy groups -OCH3 is 1. The first-order valence-electron chi connectivity index (χ1n) is 10.6. The van der Waals surface area contributed by atoms with Crippen LogP contribution in [0.5, 0.6) is 23.0 Å². The molecule has 1 aliphatic rings. The Bertz CT molecular complexity index is 1250. The molecule has 10 heteroatoms. The molecule has 0 atom stereocenters. The minimum absolute atomic E-state index is 0.120. The maximum absolute atomic E-state index is 12.3. The van der Waals surface area contributed by atoms with E-state index in [0.717, 1.165) is 9.13 Å². The summed E-state index contributed by atoms with van der Waals surface area (Å²) in [5.41, 5.74) is 4.51. The number of nitrogens with zero attached hydrogens (tertiary/aromatic N) is 1. The predicted octanol–water partition coefficient (Wildman–Crippen LogP) is 3.49. The molecule has 4 rings (SSSR count). The van der Waals surface area contributed by atoms with Gasteiger partial charge in [-0.2, -0.15) is 5.10 Å². The van der Waals surface area contributed by atoms with E-state index >= 15 is 0 Å². The van der Waals surface area contributed by atoms with Crippen molar-refractivity contribution in [3.8, 4) is 23.0 Å². The fraction of sp³-hybridized carbons (Fsp3) is 0.160. The summed E-state index contributed by atoms with van der Waals surface area (Å²) in [6.45, 7) is 0.293. The summed E-state index contributed by atoms with van der Waals surface area (Å²) in [6.07, 6.45) is 1.49. The average Bonchev–Trinajstić information content (AvgIpc) is 3.35. The number of carbonyl (C=O) groups excluding carboxylic acids is 2. The molecule has 3 aromatic carbocycles. The first-order valence-corrected chi connectivity index (χ1v) is 11.7. The lowest BCUT2D eigenvalue weighted by Crippen LogP contribution is -2.34. The second-order valence-electron chi connectivity index (χ2n) is 7.35. The molecule has 0 aliphatic carbocycles. The van der Waals surface area contributed by atoms with Crippen LogP contribution in [0, 0.1) is 3.57 Å². The Labute approximate surface area is 215 Å². The largest absolute Gasteiger partial charge is 0.493 e. The highest BCUT2D eigenvalue weighted by Crippen LogP contribution is 2.34. The lowest BCUT2D eigenvalue weighted by molar-refractivity contribution is -0.120. The lowest BCUT2D eigenvalue weighted by Gasteiger charge is -2.13. The number of rotatable bonds is 9. The van der Waals surface area contributed by atoms with Crippen molar-refractivity contribution in [2.75, 3.05) is 20.4 Å². The zero-order valence-corrected chi connectivity index (χ0v) is 20.9.